The molecule has 2 aliphatic rings. The lowest BCUT2D eigenvalue weighted by Gasteiger charge is -2.31. The maximum absolute atomic E-state index is 13.1. The summed E-state index contributed by atoms with van der Waals surface area (Å²) in [4.78, 5) is 36.0. The number of aryl methyl sites for hydroxylation is 1. The lowest BCUT2D eigenvalue weighted by molar-refractivity contribution is -0.116. The van der Waals surface area contributed by atoms with Gasteiger partial charge in [-0.05, 0) is 68.3 Å². The molecule has 0 saturated heterocycles. The number of ketones is 1. The number of nitrogens with one attached hydrogen (secondary N) is 3. The third kappa shape index (κ3) is 4.30. The highest BCUT2D eigenvalue weighted by Gasteiger charge is 2.39. The predicted octanol–water partition coefficient (Wildman–Crippen LogP) is 6.70. The number of allylic oxidation sites excluding steroid dienone is 2. The van der Waals surface area contributed by atoms with E-state index in [1.165, 1.54) is 11.8 Å². The summed E-state index contributed by atoms with van der Waals surface area (Å²) in [6.45, 7) is 3.88. The molecule has 1 aromatic carbocycles. The fourth-order valence-corrected chi connectivity index (χ4v) is 5.95. The molecule has 11 heteroatoms. The Balaban J connectivity index is 1.35. The van der Waals surface area contributed by atoms with Crippen molar-refractivity contribution in [3.05, 3.63) is 63.6 Å². The number of hydrogen-bond acceptors (Lipinski definition) is 8. The number of nitrogens with zero attached hydrogens (tertiary/aromatic N) is 1. The van der Waals surface area contributed by atoms with E-state index in [-0.39, 0.29) is 18.3 Å². The molecule has 4 aromatic rings. The smallest absolute Gasteiger partial charge is 0.453 e. The zero-order valence-corrected chi connectivity index (χ0v) is 21.6. The molecule has 0 spiro atoms. The first-order chi connectivity index (χ1) is 17.9. The van der Waals surface area contributed by atoms with Gasteiger partial charge in [-0.3, -0.25) is 4.79 Å². The van der Waals surface area contributed by atoms with Crippen molar-refractivity contribution >= 4 is 52.0 Å². The van der Waals surface area contributed by atoms with Crippen LogP contribution in [0.5, 0.6) is 5.88 Å². The van der Waals surface area contributed by atoms with Crippen molar-refractivity contribution in [2.24, 2.45) is 0 Å². The van der Waals surface area contributed by atoms with Crippen LogP contribution in [-0.2, 0) is 9.53 Å². The number of anilines is 1. The van der Waals surface area contributed by atoms with Crippen LogP contribution in [0.4, 0.5) is 10.5 Å². The molecule has 0 amide bonds. The molecule has 9 nitrogen and oxygen atoms in total. The number of rotatable bonds is 5. The molecule has 0 bridgehead atoms. The van der Waals surface area contributed by atoms with E-state index in [2.05, 4.69) is 20.3 Å². The van der Waals surface area contributed by atoms with Gasteiger partial charge in [0.05, 0.1) is 23.6 Å². The van der Waals surface area contributed by atoms with Gasteiger partial charge in [-0.25, -0.2) is 9.78 Å². The van der Waals surface area contributed by atoms with E-state index in [4.69, 9.17) is 25.5 Å². The molecular weight excluding hydrogens is 516 g/mol. The molecule has 3 N–H and O–H groups in total. The van der Waals surface area contributed by atoms with Crippen LogP contribution in [0.1, 0.15) is 49.0 Å². The maximum Gasteiger partial charge on any atom is 0.515 e. The largest absolute Gasteiger partial charge is 0.515 e. The number of aromatic amines is 2. The van der Waals surface area contributed by atoms with E-state index >= 15 is 0 Å². The Bertz CT molecular complexity index is 1580. The molecule has 1 atom stereocenters. The third-order valence-corrected chi connectivity index (χ3v) is 7.50. The second-order valence-corrected chi connectivity index (χ2v) is 10.3. The van der Waals surface area contributed by atoms with Crippen LogP contribution in [0.3, 0.4) is 0 Å². The van der Waals surface area contributed by atoms with Crippen LogP contribution in [0.2, 0.25) is 5.02 Å². The van der Waals surface area contributed by atoms with Crippen molar-refractivity contribution < 1.29 is 23.5 Å². The molecule has 4 heterocycles. The quantitative estimate of drug-likeness (QED) is 0.240. The SMILES string of the molecule is CCOC(=O)Oc1[nH]cc2c1NC1=C(C(=O)CCC1)C2c1ccc(Sc2nc3cc(Cl)cc(C)c3[nH]2)o1. The highest BCUT2D eigenvalue weighted by molar-refractivity contribution is 7.99. The summed E-state index contributed by atoms with van der Waals surface area (Å²) < 4.78 is 16.6. The number of Topliss-reactive ketones (excluding diaryl/α,β-unsaturated/α-hetero) is 1. The van der Waals surface area contributed by atoms with E-state index in [1.807, 2.05) is 31.2 Å². The zero-order valence-electron chi connectivity index (χ0n) is 20.1. The predicted molar refractivity (Wildman–Crippen MR) is 138 cm³/mol. The van der Waals surface area contributed by atoms with Gasteiger partial charge in [-0.1, -0.05) is 11.6 Å². The fourth-order valence-electron chi connectivity index (χ4n) is 4.93. The van der Waals surface area contributed by atoms with Crippen LogP contribution >= 0.6 is 23.4 Å². The number of carbonyl (C=O) groups is 2. The van der Waals surface area contributed by atoms with Gasteiger partial charge in [-0.2, -0.15) is 0 Å². The van der Waals surface area contributed by atoms with Crippen LogP contribution in [0, 0.1) is 6.92 Å². The number of H-pyrrole nitrogens is 2. The van der Waals surface area contributed by atoms with Crippen molar-refractivity contribution in [1.29, 1.82) is 0 Å². The minimum atomic E-state index is -0.802. The van der Waals surface area contributed by atoms with Crippen LogP contribution < -0.4 is 10.1 Å². The van der Waals surface area contributed by atoms with E-state index in [9.17, 15) is 9.59 Å². The summed E-state index contributed by atoms with van der Waals surface area (Å²) in [5.74, 6) is 0.486. The second-order valence-electron chi connectivity index (χ2n) is 8.88. The van der Waals surface area contributed by atoms with Crippen molar-refractivity contribution in [3.63, 3.8) is 0 Å². The lowest BCUT2D eigenvalue weighted by Crippen LogP contribution is -2.26. The average Bonchev–Trinajstić information content (AvgIpc) is 3.58. The topological polar surface area (TPSA) is 122 Å². The van der Waals surface area contributed by atoms with Gasteiger partial charge in [0.2, 0.25) is 5.88 Å². The van der Waals surface area contributed by atoms with Crippen molar-refractivity contribution in [2.45, 2.75) is 49.3 Å². The number of furan rings is 1. The van der Waals surface area contributed by atoms with Crippen molar-refractivity contribution in [3.8, 4) is 5.88 Å². The van der Waals surface area contributed by atoms with Gasteiger partial charge in [0.25, 0.3) is 0 Å². The summed E-state index contributed by atoms with van der Waals surface area (Å²) in [6, 6.07) is 7.45. The Morgan fingerprint density at radius 1 is 1.30 bits per heavy atom. The zero-order chi connectivity index (χ0) is 25.7. The summed E-state index contributed by atoms with van der Waals surface area (Å²) in [7, 11) is 0. The number of fused-ring (bicyclic) bond motifs is 2. The van der Waals surface area contributed by atoms with Crippen LogP contribution in [0.25, 0.3) is 11.0 Å². The Hall–Kier alpha value is -3.63. The molecule has 3 aromatic heterocycles. The maximum atomic E-state index is 13.1. The number of benzene rings is 1. The standard InChI is InChI=1S/C26H23ClN4O5S/c1-3-34-26(33)36-24-23-14(11-28-24)20(21-15(29-23)5-4-6-17(21)32)18-7-8-19(35-18)37-25-30-16-10-13(27)9-12(2)22(16)31-25/h7-11,20,28-29H,3-6H2,1-2H3,(H,30,31). The first kappa shape index (κ1) is 23.7. The Morgan fingerprint density at radius 2 is 2.16 bits per heavy atom. The summed E-state index contributed by atoms with van der Waals surface area (Å²) in [5, 5.41) is 5.25. The third-order valence-electron chi connectivity index (χ3n) is 6.47. The molecule has 1 aliphatic carbocycles. The Kier molecular flexibility index (Phi) is 6.00. The lowest BCUT2D eigenvalue weighted by atomic mass is 9.79. The van der Waals surface area contributed by atoms with Gasteiger partial charge < -0.3 is 29.2 Å². The van der Waals surface area contributed by atoms with Gasteiger partial charge >= 0.3 is 6.16 Å². The first-order valence-electron chi connectivity index (χ1n) is 11.9. The summed E-state index contributed by atoms with van der Waals surface area (Å²) in [6.07, 6.45) is 2.87. The fraction of sp³-hybridized carbons (Fsp3) is 0.269. The number of halogens is 1. The van der Waals surface area contributed by atoms with E-state index in [0.717, 1.165) is 34.3 Å². The Labute approximate surface area is 220 Å². The van der Waals surface area contributed by atoms with E-state index < -0.39 is 12.1 Å². The van der Waals surface area contributed by atoms with Crippen molar-refractivity contribution in [2.75, 3.05) is 11.9 Å². The average molecular weight is 539 g/mol. The molecule has 6 rings (SSSR count). The first-order valence-corrected chi connectivity index (χ1v) is 13.1. The molecule has 0 radical (unpaired) electrons. The number of hydrogen-bond donors (Lipinski definition) is 3. The van der Waals surface area contributed by atoms with Gasteiger partial charge in [0.15, 0.2) is 16.0 Å². The minimum Gasteiger partial charge on any atom is -0.453 e. The van der Waals surface area contributed by atoms with E-state index in [0.29, 0.717) is 45.1 Å². The number of carbonyl (C=O) groups excluding carboxylic acids is 2. The van der Waals surface area contributed by atoms with Crippen LogP contribution in [-0.4, -0.2) is 33.5 Å². The number of aromatic nitrogens is 3. The molecule has 1 aliphatic heterocycles. The van der Waals surface area contributed by atoms with Crippen molar-refractivity contribution in [1.82, 2.24) is 15.0 Å². The molecule has 190 valence electrons. The molecule has 0 saturated carbocycles. The van der Waals surface area contributed by atoms with Crippen LogP contribution in [0.15, 0.2) is 56.4 Å². The summed E-state index contributed by atoms with van der Waals surface area (Å²) in [5.41, 5.74) is 5.57. The monoisotopic (exact) mass is 538 g/mol. The summed E-state index contributed by atoms with van der Waals surface area (Å²) >= 11 is 7.54. The molecule has 37 heavy (non-hydrogen) atoms. The highest BCUT2D eigenvalue weighted by atomic mass is 35.5. The van der Waals surface area contributed by atoms with Gasteiger partial charge in [0.1, 0.15) is 11.4 Å². The minimum absolute atomic E-state index is 0.0775. The number of ether oxygens (including phenoxy) is 2. The number of imidazole rings is 1. The van der Waals surface area contributed by atoms with E-state index in [1.54, 1.807) is 13.1 Å². The Morgan fingerprint density at radius 3 is 3.00 bits per heavy atom. The van der Waals surface area contributed by atoms with Gasteiger partial charge in [0, 0.05) is 34.5 Å². The molecule has 0 fully saturated rings. The molecular formula is C26H23ClN4O5S. The molecule has 1 unspecified atom stereocenters. The highest BCUT2D eigenvalue weighted by Crippen LogP contribution is 2.49. The second kappa shape index (κ2) is 9.35. The van der Waals surface area contributed by atoms with Gasteiger partial charge in [-0.15, -0.1) is 0 Å². The normalized spacial score (nSPS) is 16.9.